The first kappa shape index (κ1) is 27.9. The lowest BCUT2D eigenvalue weighted by Gasteiger charge is -2.40. The van der Waals surface area contributed by atoms with Crippen molar-refractivity contribution in [2.24, 2.45) is 5.73 Å². The maximum atomic E-state index is 11.6. The van der Waals surface area contributed by atoms with Crippen LogP contribution < -0.4 is 15.4 Å². The molecule has 1 amide bonds. The van der Waals surface area contributed by atoms with Crippen LogP contribution in [0.1, 0.15) is 54.6 Å². The van der Waals surface area contributed by atoms with E-state index in [1.165, 1.54) is 5.56 Å². The Bertz CT molecular complexity index is 1330. The van der Waals surface area contributed by atoms with Crippen molar-refractivity contribution in [3.8, 4) is 17.1 Å². The lowest BCUT2D eigenvalue weighted by molar-refractivity contribution is -0.119. The zero-order valence-electron chi connectivity index (χ0n) is 23.2. The van der Waals surface area contributed by atoms with Gasteiger partial charge in [0, 0.05) is 36.3 Å². The van der Waals surface area contributed by atoms with E-state index in [4.69, 9.17) is 32.0 Å². The number of hydrogen-bond acceptors (Lipinski definition) is 6. The average Bonchev–Trinajstić information content (AvgIpc) is 2.86. The molecule has 3 aromatic rings. The third kappa shape index (κ3) is 6.27. The van der Waals surface area contributed by atoms with Gasteiger partial charge in [0.2, 0.25) is 5.91 Å². The number of primary amides is 1. The summed E-state index contributed by atoms with van der Waals surface area (Å²) >= 11 is 6.34. The first-order chi connectivity index (χ1) is 18.0. The third-order valence-electron chi connectivity index (χ3n) is 7.31. The third-order valence-corrected chi connectivity index (χ3v) is 7.54. The van der Waals surface area contributed by atoms with E-state index in [-0.39, 0.29) is 18.5 Å². The normalized spacial score (nSPS) is 16.2. The second kappa shape index (κ2) is 11.7. The minimum atomic E-state index is -0.310. The van der Waals surface area contributed by atoms with Crippen LogP contribution in [-0.2, 0) is 11.4 Å². The number of benzene rings is 2. The maximum Gasteiger partial charge on any atom is 0.231 e. The van der Waals surface area contributed by atoms with Crippen molar-refractivity contribution in [1.29, 1.82) is 0 Å². The second-order valence-electron chi connectivity index (χ2n) is 10.6. The predicted octanol–water partition coefficient (Wildman–Crippen LogP) is 5.42. The molecule has 1 aliphatic heterocycles. The molecule has 0 radical (unpaired) electrons. The summed E-state index contributed by atoms with van der Waals surface area (Å²) in [7, 11) is 0. The molecule has 2 aromatic carbocycles. The van der Waals surface area contributed by atoms with Crippen molar-refractivity contribution < 1.29 is 9.53 Å². The molecule has 2 heterocycles. The molecule has 0 saturated carbocycles. The van der Waals surface area contributed by atoms with Gasteiger partial charge < -0.3 is 15.4 Å². The van der Waals surface area contributed by atoms with Crippen molar-refractivity contribution in [2.75, 3.05) is 31.1 Å². The van der Waals surface area contributed by atoms with Crippen LogP contribution in [0.2, 0.25) is 5.02 Å². The molecule has 1 aromatic heterocycles. The number of rotatable bonds is 8. The van der Waals surface area contributed by atoms with Crippen LogP contribution in [0.5, 0.6) is 5.75 Å². The maximum absolute atomic E-state index is 11.6. The van der Waals surface area contributed by atoms with Crippen LogP contribution in [0.3, 0.4) is 0 Å². The molecule has 0 bridgehead atoms. The van der Waals surface area contributed by atoms with Gasteiger partial charge >= 0.3 is 0 Å². The van der Waals surface area contributed by atoms with E-state index in [9.17, 15) is 4.79 Å². The number of halogens is 1. The van der Waals surface area contributed by atoms with Crippen molar-refractivity contribution in [3.05, 3.63) is 69.4 Å². The number of anilines is 1. The lowest BCUT2D eigenvalue weighted by Crippen LogP contribution is -2.54. The Hall–Kier alpha value is -3.16. The second-order valence-corrected chi connectivity index (χ2v) is 11.0. The van der Waals surface area contributed by atoms with Crippen LogP contribution in [0.4, 0.5) is 5.82 Å². The van der Waals surface area contributed by atoms with Gasteiger partial charge in [0.15, 0.2) is 5.82 Å². The van der Waals surface area contributed by atoms with Crippen LogP contribution >= 0.6 is 11.6 Å². The van der Waals surface area contributed by atoms with E-state index >= 15 is 0 Å². The molecule has 38 heavy (non-hydrogen) atoms. The van der Waals surface area contributed by atoms with Gasteiger partial charge in [0.1, 0.15) is 18.2 Å². The Morgan fingerprint density at radius 1 is 1.11 bits per heavy atom. The molecule has 1 saturated heterocycles. The van der Waals surface area contributed by atoms with Gasteiger partial charge in [-0.05, 0) is 68.5 Å². The largest absolute Gasteiger partial charge is 0.488 e. The quantitative estimate of drug-likeness (QED) is 0.414. The van der Waals surface area contributed by atoms with Gasteiger partial charge in [-0.15, -0.1) is 0 Å². The highest BCUT2D eigenvalue weighted by Crippen LogP contribution is 2.32. The van der Waals surface area contributed by atoms with Crippen molar-refractivity contribution in [3.63, 3.8) is 0 Å². The standard InChI is InChI=1S/C30H38ClN5O2/c1-18(2)23-9-7-20(4)27(13-23)38-17-26-22(6)33-29(25-14-24(31)10-8-19(25)3)34-30(26)36-12-11-35(16-28(32)37)21(5)15-36/h7-10,13-14,18,21H,11-12,15-17H2,1-6H3,(H2,32,37)/t21-/m1/s1. The number of nitrogens with two attached hydrogens (primary N) is 1. The number of carbonyl (C=O) groups is 1. The summed E-state index contributed by atoms with van der Waals surface area (Å²) in [6, 6.07) is 12.3. The molecule has 1 fully saturated rings. The fourth-order valence-electron chi connectivity index (χ4n) is 4.87. The summed E-state index contributed by atoms with van der Waals surface area (Å²) in [6.07, 6.45) is 0. The van der Waals surface area contributed by atoms with Crippen LogP contribution in [-0.4, -0.2) is 53.0 Å². The van der Waals surface area contributed by atoms with Gasteiger partial charge in [0.25, 0.3) is 0 Å². The summed E-state index contributed by atoms with van der Waals surface area (Å²) in [5, 5.41) is 0.648. The molecule has 8 heteroatoms. The molecule has 2 N–H and O–H groups in total. The van der Waals surface area contributed by atoms with E-state index in [0.717, 1.165) is 46.1 Å². The molecular weight excluding hydrogens is 498 g/mol. The monoisotopic (exact) mass is 535 g/mol. The number of hydrogen-bond donors (Lipinski definition) is 1. The fourth-order valence-corrected chi connectivity index (χ4v) is 5.04. The van der Waals surface area contributed by atoms with Gasteiger partial charge in [-0.2, -0.15) is 0 Å². The Morgan fingerprint density at radius 3 is 2.53 bits per heavy atom. The zero-order chi connectivity index (χ0) is 27.6. The lowest BCUT2D eigenvalue weighted by atomic mass is 10.0. The first-order valence-corrected chi connectivity index (χ1v) is 13.6. The van der Waals surface area contributed by atoms with Crippen LogP contribution in [0.25, 0.3) is 11.4 Å². The van der Waals surface area contributed by atoms with Crippen molar-refractivity contribution in [2.45, 2.75) is 60.1 Å². The number of aromatic nitrogens is 2. The zero-order valence-corrected chi connectivity index (χ0v) is 24.0. The highest BCUT2D eigenvalue weighted by Gasteiger charge is 2.28. The van der Waals surface area contributed by atoms with E-state index in [0.29, 0.717) is 36.5 Å². The smallest absolute Gasteiger partial charge is 0.231 e. The van der Waals surface area contributed by atoms with Crippen molar-refractivity contribution in [1.82, 2.24) is 14.9 Å². The summed E-state index contributed by atoms with van der Waals surface area (Å²) in [4.78, 5) is 26.0. The number of amides is 1. The van der Waals surface area contributed by atoms with Gasteiger partial charge in [0.05, 0.1) is 17.8 Å². The Labute approximate surface area is 231 Å². The molecular formula is C30H38ClN5O2. The molecule has 0 aliphatic carbocycles. The SMILES string of the molecule is Cc1ccc(C(C)C)cc1OCc1c(C)nc(-c2cc(Cl)ccc2C)nc1N1CCN(CC(N)=O)[C@H](C)C1. The van der Waals surface area contributed by atoms with E-state index < -0.39 is 0 Å². The minimum Gasteiger partial charge on any atom is -0.488 e. The number of carbonyl (C=O) groups excluding carboxylic acids is 1. The highest BCUT2D eigenvalue weighted by atomic mass is 35.5. The Morgan fingerprint density at radius 2 is 1.84 bits per heavy atom. The van der Waals surface area contributed by atoms with E-state index in [1.54, 1.807) is 0 Å². The highest BCUT2D eigenvalue weighted by molar-refractivity contribution is 6.30. The van der Waals surface area contributed by atoms with Crippen LogP contribution in [0, 0.1) is 20.8 Å². The van der Waals surface area contributed by atoms with Gasteiger partial charge in [-0.3, -0.25) is 9.69 Å². The molecule has 0 unspecified atom stereocenters. The first-order valence-electron chi connectivity index (χ1n) is 13.2. The Kier molecular flexibility index (Phi) is 8.58. The molecule has 1 aliphatic rings. The van der Waals surface area contributed by atoms with Crippen molar-refractivity contribution >= 4 is 23.3 Å². The number of nitrogens with zero attached hydrogens (tertiary/aromatic N) is 4. The summed E-state index contributed by atoms with van der Waals surface area (Å²) in [5.41, 5.74) is 11.6. The molecule has 0 spiro atoms. The molecule has 7 nitrogen and oxygen atoms in total. The van der Waals surface area contributed by atoms with Gasteiger partial charge in [-0.1, -0.05) is 43.6 Å². The Balaban J connectivity index is 1.72. The van der Waals surface area contributed by atoms with E-state index in [1.807, 2.05) is 32.0 Å². The summed E-state index contributed by atoms with van der Waals surface area (Å²) in [6.45, 7) is 15.4. The average molecular weight is 536 g/mol. The van der Waals surface area contributed by atoms with Crippen LogP contribution in [0.15, 0.2) is 36.4 Å². The molecule has 4 rings (SSSR count). The number of ether oxygens (including phenoxy) is 1. The molecule has 202 valence electrons. The summed E-state index contributed by atoms with van der Waals surface area (Å²) in [5.74, 6) is 2.48. The summed E-state index contributed by atoms with van der Waals surface area (Å²) < 4.78 is 6.42. The topological polar surface area (TPSA) is 84.6 Å². The van der Waals surface area contributed by atoms with Gasteiger partial charge in [-0.25, -0.2) is 9.97 Å². The number of piperazine rings is 1. The molecule has 1 atom stereocenters. The minimum absolute atomic E-state index is 0.140. The van der Waals surface area contributed by atoms with E-state index in [2.05, 4.69) is 55.7 Å². The predicted molar refractivity (Wildman–Crippen MR) is 154 cm³/mol. The fraction of sp³-hybridized carbons (Fsp3) is 0.433. The number of aryl methyl sites for hydroxylation is 3.